The number of phenolic OH excluding ortho intramolecular Hbond substituents is 1. The fraction of sp³-hybridized carbons (Fsp3) is 0.400. The summed E-state index contributed by atoms with van der Waals surface area (Å²) >= 11 is 5.87. The molecule has 2 nitrogen and oxygen atoms in total. The molecule has 0 amide bonds. The molecule has 1 atom stereocenters. The molecule has 2 N–H and O–H groups in total. The predicted molar refractivity (Wildman–Crippen MR) is 53.2 cm³/mol. The first-order valence-electron chi connectivity index (χ1n) is 4.41. The molecule has 1 aromatic carbocycles. The summed E-state index contributed by atoms with van der Waals surface area (Å²) in [6.07, 6.45) is 1.08. The van der Waals surface area contributed by atoms with Crippen molar-refractivity contribution in [2.75, 3.05) is 6.54 Å². The smallest absolute Gasteiger partial charge is 0.138 e. The highest BCUT2D eigenvalue weighted by atomic mass is 35.5. The third kappa shape index (κ3) is 1.52. The van der Waals surface area contributed by atoms with E-state index in [0.717, 1.165) is 24.1 Å². The van der Waals surface area contributed by atoms with Crippen LogP contribution in [0.3, 0.4) is 0 Å². The lowest BCUT2D eigenvalue weighted by atomic mass is 9.96. The second kappa shape index (κ2) is 3.20. The van der Waals surface area contributed by atoms with Gasteiger partial charge in [-0.15, -0.1) is 0 Å². The Bertz CT molecular complexity index is 334. The third-order valence-corrected chi connectivity index (χ3v) is 2.72. The van der Waals surface area contributed by atoms with Crippen LogP contribution in [0, 0.1) is 6.92 Å². The van der Waals surface area contributed by atoms with Crippen molar-refractivity contribution in [2.45, 2.75) is 19.4 Å². The highest BCUT2D eigenvalue weighted by molar-refractivity contribution is 6.32. The second-order valence-electron chi connectivity index (χ2n) is 3.48. The fourth-order valence-electron chi connectivity index (χ4n) is 1.58. The van der Waals surface area contributed by atoms with Crippen molar-refractivity contribution >= 4 is 11.6 Å². The molecule has 0 unspecified atom stereocenters. The Hall–Kier alpha value is -0.730. The van der Waals surface area contributed by atoms with Gasteiger partial charge in [0, 0.05) is 11.6 Å². The van der Waals surface area contributed by atoms with Crippen LogP contribution in [-0.2, 0) is 0 Å². The van der Waals surface area contributed by atoms with Gasteiger partial charge in [0.1, 0.15) is 5.75 Å². The van der Waals surface area contributed by atoms with Crippen molar-refractivity contribution < 1.29 is 5.11 Å². The van der Waals surface area contributed by atoms with E-state index in [4.69, 9.17) is 11.6 Å². The Balaban J connectivity index is 2.42. The number of aryl methyl sites for hydroxylation is 1. The summed E-state index contributed by atoms with van der Waals surface area (Å²) < 4.78 is 0. The summed E-state index contributed by atoms with van der Waals surface area (Å²) in [4.78, 5) is 0. The number of rotatable bonds is 1. The van der Waals surface area contributed by atoms with Crippen LogP contribution in [-0.4, -0.2) is 11.7 Å². The van der Waals surface area contributed by atoms with Crippen LogP contribution >= 0.6 is 11.6 Å². The number of phenols is 1. The van der Waals surface area contributed by atoms with Gasteiger partial charge in [-0.25, -0.2) is 0 Å². The average Bonchev–Trinajstić information content (AvgIpc) is 1.95. The van der Waals surface area contributed by atoms with Gasteiger partial charge >= 0.3 is 0 Å². The molecular weight excluding hydrogens is 186 g/mol. The molecule has 0 aliphatic carbocycles. The Labute approximate surface area is 82.5 Å². The van der Waals surface area contributed by atoms with E-state index < -0.39 is 0 Å². The molecule has 70 valence electrons. The van der Waals surface area contributed by atoms with Gasteiger partial charge in [0.15, 0.2) is 0 Å². The minimum Gasteiger partial charge on any atom is -0.506 e. The number of nitrogens with one attached hydrogen (secondary N) is 1. The molecule has 0 bridgehead atoms. The van der Waals surface area contributed by atoms with E-state index >= 15 is 0 Å². The fourth-order valence-corrected chi connectivity index (χ4v) is 1.86. The first-order chi connectivity index (χ1) is 6.18. The molecule has 3 heteroatoms. The van der Waals surface area contributed by atoms with Crippen LogP contribution < -0.4 is 5.32 Å². The molecule has 1 aliphatic heterocycles. The molecule has 1 saturated heterocycles. The van der Waals surface area contributed by atoms with Crippen molar-refractivity contribution in [2.24, 2.45) is 0 Å². The molecule has 0 saturated carbocycles. The Morgan fingerprint density at radius 1 is 1.54 bits per heavy atom. The van der Waals surface area contributed by atoms with Crippen molar-refractivity contribution in [3.8, 4) is 5.75 Å². The van der Waals surface area contributed by atoms with E-state index in [-0.39, 0.29) is 11.8 Å². The average molecular weight is 198 g/mol. The summed E-state index contributed by atoms with van der Waals surface area (Å²) in [7, 11) is 0. The van der Waals surface area contributed by atoms with E-state index in [1.807, 2.05) is 13.0 Å². The standard InChI is InChI=1S/C10H12ClNO/c1-6-4-7(9-2-3-12-9)10(13)8(11)5-6/h4-5,9,12-13H,2-3H2,1H3/t9-/m0/s1. The minimum atomic E-state index is 0.226. The molecule has 2 rings (SSSR count). The molecule has 1 aromatic rings. The van der Waals surface area contributed by atoms with Gasteiger partial charge in [0.2, 0.25) is 0 Å². The Morgan fingerprint density at radius 2 is 2.23 bits per heavy atom. The van der Waals surface area contributed by atoms with Gasteiger partial charge < -0.3 is 10.4 Å². The monoisotopic (exact) mass is 197 g/mol. The highest BCUT2D eigenvalue weighted by Gasteiger charge is 2.22. The Morgan fingerprint density at radius 3 is 2.77 bits per heavy atom. The molecule has 1 aliphatic rings. The van der Waals surface area contributed by atoms with Crippen molar-refractivity contribution in [3.05, 3.63) is 28.3 Å². The van der Waals surface area contributed by atoms with Gasteiger partial charge in [0.25, 0.3) is 0 Å². The van der Waals surface area contributed by atoms with Crippen molar-refractivity contribution in [3.63, 3.8) is 0 Å². The van der Waals surface area contributed by atoms with Crippen LogP contribution in [0.4, 0.5) is 0 Å². The Kier molecular flexibility index (Phi) is 2.18. The zero-order valence-electron chi connectivity index (χ0n) is 7.47. The molecule has 13 heavy (non-hydrogen) atoms. The van der Waals surface area contributed by atoms with Crippen LogP contribution in [0.15, 0.2) is 12.1 Å². The van der Waals surface area contributed by atoms with Crippen LogP contribution in [0.2, 0.25) is 5.02 Å². The molecule has 0 spiro atoms. The summed E-state index contributed by atoms with van der Waals surface area (Å²) in [6.45, 7) is 3.00. The molecule has 1 fully saturated rings. The number of hydrogen-bond acceptors (Lipinski definition) is 2. The lowest BCUT2D eigenvalue weighted by Crippen LogP contribution is -2.35. The number of benzene rings is 1. The zero-order valence-corrected chi connectivity index (χ0v) is 8.23. The van der Waals surface area contributed by atoms with E-state index in [9.17, 15) is 5.11 Å². The summed E-state index contributed by atoms with van der Waals surface area (Å²) in [5.41, 5.74) is 2.02. The van der Waals surface area contributed by atoms with Gasteiger partial charge in [-0.1, -0.05) is 17.7 Å². The molecule has 1 heterocycles. The maximum atomic E-state index is 9.69. The number of halogens is 1. The van der Waals surface area contributed by atoms with Crippen LogP contribution in [0.25, 0.3) is 0 Å². The second-order valence-corrected chi connectivity index (χ2v) is 3.89. The number of hydrogen-bond donors (Lipinski definition) is 2. The largest absolute Gasteiger partial charge is 0.506 e. The molecule has 0 aromatic heterocycles. The normalized spacial score (nSPS) is 21.2. The van der Waals surface area contributed by atoms with E-state index in [0.29, 0.717) is 5.02 Å². The van der Waals surface area contributed by atoms with Gasteiger partial charge in [-0.3, -0.25) is 0 Å². The molecular formula is C10H12ClNO. The van der Waals surface area contributed by atoms with E-state index in [1.54, 1.807) is 6.07 Å². The summed E-state index contributed by atoms with van der Waals surface area (Å²) in [5.74, 6) is 0.226. The van der Waals surface area contributed by atoms with Crippen LogP contribution in [0.5, 0.6) is 5.75 Å². The van der Waals surface area contributed by atoms with Gasteiger partial charge in [-0.05, 0) is 31.5 Å². The SMILES string of the molecule is Cc1cc(Cl)c(O)c([C@@H]2CCN2)c1. The minimum absolute atomic E-state index is 0.226. The topological polar surface area (TPSA) is 32.3 Å². The lowest BCUT2D eigenvalue weighted by molar-refractivity contribution is 0.364. The van der Waals surface area contributed by atoms with Gasteiger partial charge in [-0.2, -0.15) is 0 Å². The van der Waals surface area contributed by atoms with Crippen molar-refractivity contribution in [1.82, 2.24) is 5.32 Å². The van der Waals surface area contributed by atoms with E-state index in [1.165, 1.54) is 0 Å². The first kappa shape index (κ1) is 8.85. The summed E-state index contributed by atoms with van der Waals surface area (Å²) in [6, 6.07) is 4.05. The summed E-state index contributed by atoms with van der Waals surface area (Å²) in [5, 5.41) is 13.4. The predicted octanol–water partition coefficient (Wildman–Crippen LogP) is 2.39. The maximum absolute atomic E-state index is 9.69. The third-order valence-electron chi connectivity index (χ3n) is 2.44. The zero-order chi connectivity index (χ0) is 9.42. The first-order valence-corrected chi connectivity index (χ1v) is 4.78. The van der Waals surface area contributed by atoms with E-state index in [2.05, 4.69) is 5.32 Å². The maximum Gasteiger partial charge on any atom is 0.138 e. The quantitative estimate of drug-likeness (QED) is 0.725. The highest BCUT2D eigenvalue weighted by Crippen LogP contribution is 2.36. The van der Waals surface area contributed by atoms with Gasteiger partial charge in [0.05, 0.1) is 5.02 Å². The van der Waals surface area contributed by atoms with Crippen molar-refractivity contribution in [1.29, 1.82) is 0 Å². The van der Waals surface area contributed by atoms with Crippen LogP contribution in [0.1, 0.15) is 23.6 Å². The molecule has 0 radical (unpaired) electrons. The number of aromatic hydroxyl groups is 1. The lowest BCUT2D eigenvalue weighted by Gasteiger charge is -2.29.